The summed E-state index contributed by atoms with van der Waals surface area (Å²) in [5.74, 6) is 0.473. The zero-order valence-electron chi connectivity index (χ0n) is 16.7. The fraction of sp³-hybridized carbons (Fsp3) is 0.174. The molecular weight excluding hydrogens is 398 g/mol. The molecule has 0 saturated heterocycles. The van der Waals surface area contributed by atoms with E-state index < -0.39 is 0 Å². The number of rotatable bonds is 6. The maximum atomic E-state index is 13.1. The van der Waals surface area contributed by atoms with Crippen LogP contribution in [0.2, 0.25) is 0 Å². The van der Waals surface area contributed by atoms with E-state index in [9.17, 15) is 9.59 Å². The van der Waals surface area contributed by atoms with Crippen molar-refractivity contribution in [1.82, 2.24) is 9.55 Å². The van der Waals surface area contributed by atoms with E-state index in [0.29, 0.717) is 15.9 Å². The van der Waals surface area contributed by atoms with Crippen LogP contribution in [0.25, 0.3) is 21.3 Å². The van der Waals surface area contributed by atoms with Crippen LogP contribution in [0.4, 0.5) is 5.69 Å². The second-order valence-corrected chi connectivity index (χ2v) is 7.69. The quantitative estimate of drug-likeness (QED) is 0.505. The van der Waals surface area contributed by atoms with Crippen LogP contribution >= 0.6 is 11.3 Å². The van der Waals surface area contributed by atoms with Gasteiger partial charge in [-0.1, -0.05) is 31.2 Å². The molecule has 0 spiro atoms. The maximum Gasteiger partial charge on any atom is 0.263 e. The van der Waals surface area contributed by atoms with Crippen LogP contribution < -0.4 is 15.6 Å². The van der Waals surface area contributed by atoms with Gasteiger partial charge < -0.3 is 10.1 Å². The molecule has 0 fully saturated rings. The Morgan fingerprint density at radius 2 is 1.87 bits per heavy atom. The maximum absolute atomic E-state index is 13.1. The number of aromatic nitrogens is 2. The summed E-state index contributed by atoms with van der Waals surface area (Å²) in [5, 5.41) is 5.27. The normalized spacial score (nSPS) is 10.9. The van der Waals surface area contributed by atoms with Crippen molar-refractivity contribution in [1.29, 1.82) is 0 Å². The molecule has 4 rings (SSSR count). The molecule has 1 amide bonds. The molecule has 30 heavy (non-hydrogen) atoms. The van der Waals surface area contributed by atoms with Gasteiger partial charge >= 0.3 is 0 Å². The summed E-state index contributed by atoms with van der Waals surface area (Å²) < 4.78 is 6.55. The van der Waals surface area contributed by atoms with E-state index >= 15 is 0 Å². The monoisotopic (exact) mass is 419 g/mol. The summed E-state index contributed by atoms with van der Waals surface area (Å²) in [7, 11) is 1.61. The van der Waals surface area contributed by atoms with Crippen molar-refractivity contribution < 1.29 is 9.53 Å². The highest BCUT2D eigenvalue weighted by molar-refractivity contribution is 7.17. The lowest BCUT2D eigenvalue weighted by Crippen LogP contribution is -2.27. The predicted molar refractivity (Wildman–Crippen MR) is 120 cm³/mol. The SMILES string of the molecule is CCc1ccc(NC(=O)Cn2cnc3scc(-c4ccc(OC)cc4)c3c2=O)cc1. The first-order valence-corrected chi connectivity index (χ1v) is 10.5. The molecule has 2 aromatic heterocycles. The molecule has 0 atom stereocenters. The van der Waals surface area contributed by atoms with Gasteiger partial charge in [0.15, 0.2) is 0 Å². The lowest BCUT2D eigenvalue weighted by Gasteiger charge is -2.08. The number of hydrogen-bond acceptors (Lipinski definition) is 5. The van der Waals surface area contributed by atoms with Crippen LogP contribution in [0, 0.1) is 0 Å². The molecule has 0 aliphatic heterocycles. The highest BCUT2D eigenvalue weighted by atomic mass is 32.1. The Hall–Kier alpha value is -3.45. The Bertz CT molecular complexity index is 1240. The number of thiophene rings is 1. The van der Waals surface area contributed by atoms with Crippen LogP contribution in [0.5, 0.6) is 5.75 Å². The van der Waals surface area contributed by atoms with Crippen LogP contribution in [-0.2, 0) is 17.8 Å². The van der Waals surface area contributed by atoms with E-state index in [0.717, 1.165) is 23.3 Å². The molecule has 2 aromatic carbocycles. The zero-order chi connectivity index (χ0) is 21.1. The summed E-state index contributed by atoms with van der Waals surface area (Å²) in [6.45, 7) is 1.98. The third-order valence-electron chi connectivity index (χ3n) is 4.92. The number of nitrogens with zero attached hydrogens (tertiary/aromatic N) is 2. The van der Waals surface area contributed by atoms with Crippen molar-refractivity contribution in [3.63, 3.8) is 0 Å². The first kappa shape index (κ1) is 19.8. The summed E-state index contributed by atoms with van der Waals surface area (Å²) in [5.41, 5.74) is 3.37. The zero-order valence-corrected chi connectivity index (χ0v) is 17.5. The van der Waals surface area contributed by atoms with Crippen LogP contribution in [0.1, 0.15) is 12.5 Å². The molecule has 4 aromatic rings. The number of aryl methyl sites for hydroxylation is 1. The molecule has 0 saturated carbocycles. The Kier molecular flexibility index (Phi) is 5.63. The molecule has 2 heterocycles. The smallest absolute Gasteiger partial charge is 0.263 e. The topological polar surface area (TPSA) is 73.2 Å². The first-order valence-electron chi connectivity index (χ1n) is 9.59. The molecule has 152 valence electrons. The molecule has 0 bridgehead atoms. The van der Waals surface area contributed by atoms with Crippen molar-refractivity contribution in [2.24, 2.45) is 0 Å². The molecule has 0 aliphatic carbocycles. The van der Waals surface area contributed by atoms with Gasteiger partial charge in [0.05, 0.1) is 18.8 Å². The van der Waals surface area contributed by atoms with Crippen molar-refractivity contribution >= 4 is 33.1 Å². The average molecular weight is 420 g/mol. The Morgan fingerprint density at radius 1 is 1.13 bits per heavy atom. The van der Waals surface area contributed by atoms with Gasteiger partial charge in [-0.25, -0.2) is 4.98 Å². The Balaban J connectivity index is 1.60. The summed E-state index contributed by atoms with van der Waals surface area (Å²) in [4.78, 5) is 30.6. The van der Waals surface area contributed by atoms with Gasteiger partial charge in [0.2, 0.25) is 5.91 Å². The number of anilines is 1. The predicted octanol–water partition coefficient (Wildman–Crippen LogP) is 4.33. The minimum Gasteiger partial charge on any atom is -0.497 e. The summed E-state index contributed by atoms with van der Waals surface area (Å²) >= 11 is 1.41. The second kappa shape index (κ2) is 8.51. The minimum atomic E-state index is -0.274. The third-order valence-corrected chi connectivity index (χ3v) is 5.81. The fourth-order valence-electron chi connectivity index (χ4n) is 3.24. The minimum absolute atomic E-state index is 0.102. The van der Waals surface area contributed by atoms with Gasteiger partial charge in [-0.3, -0.25) is 14.2 Å². The van der Waals surface area contributed by atoms with E-state index in [2.05, 4.69) is 17.2 Å². The largest absolute Gasteiger partial charge is 0.497 e. The van der Waals surface area contributed by atoms with E-state index in [4.69, 9.17) is 4.74 Å². The number of ether oxygens (including phenoxy) is 1. The molecule has 0 unspecified atom stereocenters. The van der Waals surface area contributed by atoms with Crippen LogP contribution in [0.15, 0.2) is 65.0 Å². The summed E-state index contributed by atoms with van der Waals surface area (Å²) in [6, 6.07) is 15.2. The Morgan fingerprint density at radius 3 is 2.53 bits per heavy atom. The van der Waals surface area contributed by atoms with Crippen molar-refractivity contribution in [3.05, 3.63) is 76.2 Å². The fourth-order valence-corrected chi connectivity index (χ4v) is 4.15. The molecule has 7 heteroatoms. The Labute approximate surface area is 177 Å². The van der Waals surface area contributed by atoms with Crippen molar-refractivity contribution in [3.8, 4) is 16.9 Å². The molecule has 0 aliphatic rings. The average Bonchev–Trinajstić information content (AvgIpc) is 3.21. The van der Waals surface area contributed by atoms with E-state index in [1.165, 1.54) is 27.8 Å². The van der Waals surface area contributed by atoms with Gasteiger partial charge in [0.25, 0.3) is 5.56 Å². The molecule has 1 N–H and O–H groups in total. The lowest BCUT2D eigenvalue weighted by molar-refractivity contribution is -0.116. The first-order chi connectivity index (χ1) is 14.6. The highest BCUT2D eigenvalue weighted by Gasteiger charge is 2.15. The highest BCUT2D eigenvalue weighted by Crippen LogP contribution is 2.31. The van der Waals surface area contributed by atoms with Gasteiger partial charge in [-0.2, -0.15) is 0 Å². The van der Waals surface area contributed by atoms with Crippen LogP contribution in [0.3, 0.4) is 0 Å². The number of methoxy groups -OCH3 is 1. The summed E-state index contributed by atoms with van der Waals surface area (Å²) in [6.07, 6.45) is 2.37. The number of hydrogen-bond donors (Lipinski definition) is 1. The van der Waals surface area contributed by atoms with E-state index in [1.807, 2.05) is 53.9 Å². The molecular formula is C23H21N3O3S. The number of benzene rings is 2. The lowest BCUT2D eigenvalue weighted by atomic mass is 10.1. The van der Waals surface area contributed by atoms with E-state index in [1.54, 1.807) is 7.11 Å². The number of amides is 1. The number of carbonyl (C=O) groups is 1. The van der Waals surface area contributed by atoms with Crippen molar-refractivity contribution in [2.45, 2.75) is 19.9 Å². The van der Waals surface area contributed by atoms with E-state index in [-0.39, 0.29) is 18.0 Å². The van der Waals surface area contributed by atoms with Gasteiger partial charge in [0, 0.05) is 16.6 Å². The molecule has 6 nitrogen and oxygen atoms in total. The second-order valence-electron chi connectivity index (χ2n) is 6.83. The third kappa shape index (κ3) is 3.97. The number of carbonyl (C=O) groups excluding carboxylic acids is 1. The van der Waals surface area contributed by atoms with Crippen molar-refractivity contribution in [2.75, 3.05) is 12.4 Å². The number of fused-ring (bicyclic) bond motifs is 1. The van der Waals surface area contributed by atoms with Crippen LogP contribution in [-0.4, -0.2) is 22.6 Å². The molecule has 0 radical (unpaired) electrons. The van der Waals surface area contributed by atoms with Gasteiger partial charge in [0.1, 0.15) is 17.1 Å². The number of nitrogens with one attached hydrogen (secondary N) is 1. The standard InChI is InChI=1S/C23H21N3O3S/c1-3-15-4-8-17(9-5-15)25-20(27)12-26-14-24-22-21(23(26)28)19(13-30-22)16-6-10-18(29-2)11-7-16/h4-11,13-14H,3,12H2,1-2H3,(H,25,27). The van der Waals surface area contributed by atoms with Gasteiger partial charge in [-0.15, -0.1) is 11.3 Å². The van der Waals surface area contributed by atoms with Gasteiger partial charge in [-0.05, 0) is 41.8 Å².